The van der Waals surface area contributed by atoms with Crippen LogP contribution in [0.2, 0.25) is 0 Å². The van der Waals surface area contributed by atoms with E-state index in [-0.39, 0.29) is 18.9 Å². The van der Waals surface area contributed by atoms with Gasteiger partial charge in [0.1, 0.15) is 0 Å². The maximum absolute atomic E-state index is 13.1. The number of hydrogen-bond acceptors (Lipinski definition) is 3. The molecule has 1 amide bonds. The first-order valence-corrected chi connectivity index (χ1v) is 9.18. The van der Waals surface area contributed by atoms with Crippen LogP contribution in [0.3, 0.4) is 0 Å². The smallest absolute Gasteiger partial charge is 0.356 e. The average molecular weight is 366 g/mol. The van der Waals surface area contributed by atoms with E-state index in [2.05, 4.69) is 5.32 Å². The van der Waals surface area contributed by atoms with E-state index < -0.39 is 33.4 Å². The van der Waals surface area contributed by atoms with Gasteiger partial charge < -0.3 is 5.32 Å². The minimum atomic E-state index is -4.70. The number of para-hydroxylation sites is 1. The molecule has 0 aliphatic rings. The maximum atomic E-state index is 13.1. The van der Waals surface area contributed by atoms with Crippen LogP contribution in [0.15, 0.2) is 24.3 Å². The number of benzene rings is 1. The number of hydrogen-bond donors (Lipinski definition) is 1. The van der Waals surface area contributed by atoms with Gasteiger partial charge in [-0.3, -0.25) is 9.10 Å². The molecular formula is C15H21F3N2O3S. The number of nitrogens with one attached hydrogen (secondary N) is 1. The van der Waals surface area contributed by atoms with Crippen LogP contribution in [0, 0.1) is 5.92 Å². The molecule has 1 rings (SSSR count). The van der Waals surface area contributed by atoms with Crippen LogP contribution in [-0.2, 0) is 21.0 Å². The number of carbonyl (C=O) groups excluding carboxylic acids is 1. The molecule has 136 valence electrons. The number of nitrogens with zero attached hydrogens (tertiary/aromatic N) is 1. The fraction of sp³-hybridized carbons (Fsp3) is 0.533. The van der Waals surface area contributed by atoms with Gasteiger partial charge in [-0.15, -0.1) is 0 Å². The summed E-state index contributed by atoms with van der Waals surface area (Å²) in [7, 11) is -3.97. The summed E-state index contributed by atoms with van der Waals surface area (Å²) in [5.74, 6) is -0.201. The first-order chi connectivity index (χ1) is 10.9. The molecule has 0 spiro atoms. The van der Waals surface area contributed by atoms with Crippen molar-refractivity contribution in [2.45, 2.75) is 26.4 Å². The minimum Gasteiger partial charge on any atom is -0.356 e. The first kappa shape index (κ1) is 20.3. The van der Waals surface area contributed by atoms with Crippen LogP contribution in [-0.4, -0.2) is 33.7 Å². The van der Waals surface area contributed by atoms with Crippen LogP contribution in [0.5, 0.6) is 0 Å². The van der Waals surface area contributed by atoms with Crippen molar-refractivity contribution < 1.29 is 26.4 Å². The third kappa shape index (κ3) is 6.03. The summed E-state index contributed by atoms with van der Waals surface area (Å²) in [4.78, 5) is 11.7. The van der Waals surface area contributed by atoms with Crippen LogP contribution in [0.4, 0.5) is 18.9 Å². The number of sulfonamides is 1. The zero-order valence-corrected chi connectivity index (χ0v) is 14.5. The van der Waals surface area contributed by atoms with Gasteiger partial charge in [-0.2, -0.15) is 13.2 Å². The van der Waals surface area contributed by atoms with Crippen molar-refractivity contribution in [3.05, 3.63) is 29.8 Å². The van der Waals surface area contributed by atoms with Gasteiger partial charge in [0.2, 0.25) is 15.9 Å². The van der Waals surface area contributed by atoms with Crippen LogP contribution < -0.4 is 9.62 Å². The summed E-state index contributed by atoms with van der Waals surface area (Å²) < 4.78 is 63.8. The summed E-state index contributed by atoms with van der Waals surface area (Å²) >= 11 is 0. The van der Waals surface area contributed by atoms with Gasteiger partial charge in [0.15, 0.2) is 0 Å². The standard InChI is InChI=1S/C15H21F3N2O3S/c1-11(2)10-19-14(21)8-9-20(24(3,22)23)13-7-5-4-6-12(13)15(16,17)18/h4-7,11H,8-10H2,1-3H3,(H,19,21). The SMILES string of the molecule is CC(C)CNC(=O)CCN(c1ccccc1C(F)(F)F)S(C)(=O)=O. The fourth-order valence-electron chi connectivity index (χ4n) is 2.01. The molecule has 0 fully saturated rings. The molecule has 24 heavy (non-hydrogen) atoms. The molecule has 1 aromatic rings. The van der Waals surface area contributed by atoms with Crippen molar-refractivity contribution in [1.29, 1.82) is 0 Å². The lowest BCUT2D eigenvalue weighted by Gasteiger charge is -2.25. The quantitative estimate of drug-likeness (QED) is 0.807. The molecule has 0 bridgehead atoms. The van der Waals surface area contributed by atoms with Gasteiger partial charge in [0.05, 0.1) is 17.5 Å². The Labute approximate surface area is 139 Å². The number of halogens is 3. The van der Waals surface area contributed by atoms with E-state index in [4.69, 9.17) is 0 Å². The van der Waals surface area contributed by atoms with Crippen molar-refractivity contribution in [1.82, 2.24) is 5.32 Å². The van der Waals surface area contributed by atoms with E-state index in [0.29, 0.717) is 10.8 Å². The lowest BCUT2D eigenvalue weighted by Crippen LogP contribution is -2.36. The molecule has 0 saturated heterocycles. The molecule has 0 unspecified atom stereocenters. The number of alkyl halides is 3. The van der Waals surface area contributed by atoms with Crippen molar-refractivity contribution in [2.24, 2.45) is 5.92 Å². The second-order valence-electron chi connectivity index (χ2n) is 5.80. The van der Waals surface area contributed by atoms with Gasteiger partial charge in [0, 0.05) is 19.5 Å². The van der Waals surface area contributed by atoms with Gasteiger partial charge >= 0.3 is 6.18 Å². The molecule has 0 heterocycles. The Hall–Kier alpha value is -1.77. The summed E-state index contributed by atoms with van der Waals surface area (Å²) in [5.41, 5.74) is -1.54. The van der Waals surface area contributed by atoms with Crippen molar-refractivity contribution in [3.63, 3.8) is 0 Å². The number of carbonyl (C=O) groups is 1. The first-order valence-electron chi connectivity index (χ1n) is 7.33. The van der Waals surface area contributed by atoms with E-state index in [9.17, 15) is 26.4 Å². The molecule has 1 aromatic carbocycles. The highest BCUT2D eigenvalue weighted by atomic mass is 32.2. The lowest BCUT2D eigenvalue weighted by molar-refractivity contribution is -0.137. The zero-order chi connectivity index (χ0) is 18.5. The van der Waals surface area contributed by atoms with E-state index in [1.807, 2.05) is 13.8 Å². The molecule has 0 radical (unpaired) electrons. The Morgan fingerprint density at radius 1 is 1.25 bits per heavy atom. The molecular weight excluding hydrogens is 345 g/mol. The monoisotopic (exact) mass is 366 g/mol. The third-order valence-electron chi connectivity index (χ3n) is 3.13. The van der Waals surface area contributed by atoms with E-state index in [0.717, 1.165) is 18.4 Å². The molecule has 0 aliphatic heterocycles. The van der Waals surface area contributed by atoms with Crippen molar-refractivity contribution in [3.8, 4) is 0 Å². The van der Waals surface area contributed by atoms with Crippen LogP contribution >= 0.6 is 0 Å². The number of anilines is 1. The fourth-order valence-corrected chi connectivity index (χ4v) is 2.94. The van der Waals surface area contributed by atoms with Crippen molar-refractivity contribution in [2.75, 3.05) is 23.7 Å². The topological polar surface area (TPSA) is 66.5 Å². The zero-order valence-electron chi connectivity index (χ0n) is 13.7. The largest absolute Gasteiger partial charge is 0.418 e. The van der Waals surface area contributed by atoms with E-state index >= 15 is 0 Å². The Morgan fingerprint density at radius 2 is 1.83 bits per heavy atom. The average Bonchev–Trinajstić information content (AvgIpc) is 2.43. The molecule has 0 atom stereocenters. The highest BCUT2D eigenvalue weighted by Gasteiger charge is 2.36. The number of amides is 1. The molecule has 0 aromatic heterocycles. The Balaban J connectivity index is 3.03. The predicted molar refractivity (Wildman–Crippen MR) is 86.1 cm³/mol. The van der Waals surface area contributed by atoms with Crippen LogP contribution in [0.1, 0.15) is 25.8 Å². The third-order valence-corrected chi connectivity index (χ3v) is 4.31. The summed E-state index contributed by atoms with van der Waals surface area (Å²) in [6.45, 7) is 3.83. The molecule has 5 nitrogen and oxygen atoms in total. The Bertz CT molecular complexity index is 673. The van der Waals surface area contributed by atoms with E-state index in [1.165, 1.54) is 12.1 Å². The minimum absolute atomic E-state index is 0.214. The molecule has 1 N–H and O–H groups in total. The summed E-state index contributed by atoms with van der Waals surface area (Å²) in [5, 5.41) is 2.60. The molecule has 9 heteroatoms. The van der Waals surface area contributed by atoms with Crippen molar-refractivity contribution >= 4 is 21.6 Å². The number of rotatable bonds is 7. The highest BCUT2D eigenvalue weighted by Crippen LogP contribution is 2.37. The van der Waals surface area contributed by atoms with E-state index in [1.54, 1.807) is 0 Å². The summed E-state index contributed by atoms with van der Waals surface area (Å²) in [6, 6.07) is 4.39. The molecule has 0 aliphatic carbocycles. The van der Waals surface area contributed by atoms with Gasteiger partial charge in [0.25, 0.3) is 0 Å². The predicted octanol–water partition coefficient (Wildman–Crippen LogP) is 2.63. The second-order valence-corrected chi connectivity index (χ2v) is 7.70. The summed E-state index contributed by atoms with van der Waals surface area (Å²) in [6.07, 6.45) is -4.11. The Morgan fingerprint density at radius 3 is 2.33 bits per heavy atom. The van der Waals surface area contributed by atoms with Gasteiger partial charge in [-0.1, -0.05) is 26.0 Å². The molecule has 0 saturated carbocycles. The maximum Gasteiger partial charge on any atom is 0.418 e. The van der Waals surface area contributed by atoms with Gasteiger partial charge in [-0.25, -0.2) is 8.42 Å². The van der Waals surface area contributed by atoms with Gasteiger partial charge in [-0.05, 0) is 18.1 Å². The lowest BCUT2D eigenvalue weighted by atomic mass is 10.1. The normalized spacial score (nSPS) is 12.3. The highest BCUT2D eigenvalue weighted by molar-refractivity contribution is 7.92. The van der Waals surface area contributed by atoms with Crippen LogP contribution in [0.25, 0.3) is 0 Å². The Kier molecular flexibility index (Phi) is 6.65. The second kappa shape index (κ2) is 7.87.